The van der Waals surface area contributed by atoms with Gasteiger partial charge >= 0.3 is 0 Å². The molecule has 2 N–H and O–H groups in total. The summed E-state index contributed by atoms with van der Waals surface area (Å²) in [5.41, 5.74) is 0.950. The van der Waals surface area contributed by atoms with Crippen LogP contribution in [0.25, 0.3) is 10.9 Å². The summed E-state index contributed by atoms with van der Waals surface area (Å²) in [6.07, 6.45) is 0.973. The highest BCUT2D eigenvalue weighted by molar-refractivity contribution is 9.10. The number of aliphatic hydroxyl groups is 2. The van der Waals surface area contributed by atoms with E-state index in [4.69, 9.17) is 5.11 Å². The van der Waals surface area contributed by atoms with Crippen LogP contribution in [-0.2, 0) is 6.54 Å². The summed E-state index contributed by atoms with van der Waals surface area (Å²) in [5.74, 6) is 0. The molecule has 1 heterocycles. The molecule has 0 aliphatic heterocycles. The molecule has 0 amide bonds. The van der Waals surface area contributed by atoms with Crippen LogP contribution in [-0.4, -0.2) is 32.7 Å². The molecule has 5 heteroatoms. The van der Waals surface area contributed by atoms with Crippen molar-refractivity contribution in [2.45, 2.75) is 12.6 Å². The van der Waals surface area contributed by atoms with Crippen LogP contribution in [0.5, 0.6) is 0 Å². The zero-order valence-corrected chi connectivity index (χ0v) is 9.55. The molecule has 2 aromatic rings. The smallest absolute Gasteiger partial charge is 0.0966 e. The van der Waals surface area contributed by atoms with Crippen molar-refractivity contribution in [3.05, 3.63) is 28.9 Å². The van der Waals surface area contributed by atoms with Crippen molar-refractivity contribution in [1.82, 2.24) is 9.78 Å². The highest BCUT2D eigenvalue weighted by atomic mass is 79.9. The van der Waals surface area contributed by atoms with Gasteiger partial charge in [0.1, 0.15) is 0 Å². The third-order valence-corrected chi connectivity index (χ3v) is 2.69. The minimum Gasteiger partial charge on any atom is -0.394 e. The lowest BCUT2D eigenvalue weighted by Crippen LogP contribution is -2.20. The van der Waals surface area contributed by atoms with E-state index in [9.17, 15) is 5.11 Å². The molecule has 80 valence electrons. The second kappa shape index (κ2) is 4.30. The Labute approximate surface area is 95.3 Å². The first-order valence-corrected chi connectivity index (χ1v) is 5.40. The number of hydrogen-bond donors (Lipinski definition) is 2. The Bertz CT molecular complexity index is 469. The predicted octanol–water partition coefficient (Wildman–Crippen LogP) is 1.15. The van der Waals surface area contributed by atoms with E-state index in [0.29, 0.717) is 6.54 Å². The van der Waals surface area contributed by atoms with Crippen LogP contribution in [0, 0.1) is 0 Å². The lowest BCUT2D eigenvalue weighted by Gasteiger charge is -2.07. The van der Waals surface area contributed by atoms with Crippen molar-refractivity contribution >= 4 is 26.8 Å². The first-order chi connectivity index (χ1) is 7.20. The highest BCUT2D eigenvalue weighted by Gasteiger charge is 2.07. The number of rotatable bonds is 3. The van der Waals surface area contributed by atoms with Crippen molar-refractivity contribution in [2.75, 3.05) is 6.61 Å². The minimum atomic E-state index is -0.767. The Morgan fingerprint density at radius 3 is 3.00 bits per heavy atom. The monoisotopic (exact) mass is 270 g/mol. The van der Waals surface area contributed by atoms with Crippen molar-refractivity contribution in [3.63, 3.8) is 0 Å². The summed E-state index contributed by atoms with van der Waals surface area (Å²) in [6.45, 7) is 0.0551. The Morgan fingerprint density at radius 1 is 1.47 bits per heavy atom. The summed E-state index contributed by atoms with van der Waals surface area (Å²) in [7, 11) is 0. The zero-order chi connectivity index (χ0) is 10.8. The fourth-order valence-electron chi connectivity index (χ4n) is 1.46. The second-order valence-electron chi connectivity index (χ2n) is 3.37. The topological polar surface area (TPSA) is 58.3 Å². The summed E-state index contributed by atoms with van der Waals surface area (Å²) < 4.78 is 2.68. The summed E-state index contributed by atoms with van der Waals surface area (Å²) in [6, 6.07) is 5.81. The van der Waals surface area contributed by atoms with Crippen LogP contribution in [0.2, 0.25) is 0 Å². The Kier molecular flexibility index (Phi) is 3.04. The number of halogens is 1. The number of aliphatic hydroxyl groups excluding tert-OH is 2. The Balaban J connectivity index is 2.36. The maximum absolute atomic E-state index is 9.32. The molecule has 0 radical (unpaired) electrons. The molecule has 0 bridgehead atoms. The molecular weight excluding hydrogens is 260 g/mol. The van der Waals surface area contributed by atoms with E-state index < -0.39 is 6.10 Å². The van der Waals surface area contributed by atoms with E-state index in [1.54, 1.807) is 10.9 Å². The largest absolute Gasteiger partial charge is 0.394 e. The molecular formula is C10H11BrN2O2. The maximum Gasteiger partial charge on any atom is 0.0966 e. The van der Waals surface area contributed by atoms with Crippen molar-refractivity contribution in [2.24, 2.45) is 0 Å². The van der Waals surface area contributed by atoms with E-state index in [1.807, 2.05) is 18.2 Å². The summed E-state index contributed by atoms with van der Waals surface area (Å²) >= 11 is 3.38. The molecule has 0 saturated carbocycles. The lowest BCUT2D eigenvalue weighted by molar-refractivity contribution is 0.0793. The summed E-state index contributed by atoms with van der Waals surface area (Å²) in [4.78, 5) is 0. The van der Waals surface area contributed by atoms with Gasteiger partial charge in [-0.3, -0.25) is 4.68 Å². The average molecular weight is 271 g/mol. The highest BCUT2D eigenvalue weighted by Crippen LogP contribution is 2.19. The van der Waals surface area contributed by atoms with Gasteiger partial charge in [0, 0.05) is 9.86 Å². The molecule has 0 aliphatic carbocycles. The second-order valence-corrected chi connectivity index (χ2v) is 4.28. The predicted molar refractivity (Wildman–Crippen MR) is 60.5 cm³/mol. The van der Waals surface area contributed by atoms with Gasteiger partial charge in [-0.15, -0.1) is 0 Å². The van der Waals surface area contributed by atoms with Crippen molar-refractivity contribution < 1.29 is 10.2 Å². The van der Waals surface area contributed by atoms with Gasteiger partial charge < -0.3 is 10.2 Å². The number of aromatic nitrogens is 2. The molecule has 15 heavy (non-hydrogen) atoms. The van der Waals surface area contributed by atoms with Crippen molar-refractivity contribution in [3.8, 4) is 0 Å². The van der Waals surface area contributed by atoms with E-state index in [1.165, 1.54) is 0 Å². The average Bonchev–Trinajstić information content (AvgIpc) is 2.60. The van der Waals surface area contributed by atoms with E-state index >= 15 is 0 Å². The maximum atomic E-state index is 9.32. The molecule has 2 rings (SSSR count). The molecule has 0 spiro atoms. The third kappa shape index (κ3) is 2.19. The number of benzene rings is 1. The molecule has 0 aliphatic rings. The molecule has 1 unspecified atom stereocenters. The molecule has 1 aromatic carbocycles. The quantitative estimate of drug-likeness (QED) is 0.880. The van der Waals surface area contributed by atoms with E-state index in [-0.39, 0.29) is 6.61 Å². The zero-order valence-electron chi connectivity index (χ0n) is 7.97. The van der Waals surface area contributed by atoms with Crippen LogP contribution in [0.4, 0.5) is 0 Å². The van der Waals surface area contributed by atoms with Crippen LogP contribution < -0.4 is 0 Å². The van der Waals surface area contributed by atoms with Crippen molar-refractivity contribution in [1.29, 1.82) is 0 Å². The molecule has 4 nitrogen and oxygen atoms in total. The fraction of sp³-hybridized carbons (Fsp3) is 0.300. The van der Waals surface area contributed by atoms with Crippen LogP contribution in [0.1, 0.15) is 0 Å². The first kappa shape index (κ1) is 10.6. The van der Waals surface area contributed by atoms with E-state index in [0.717, 1.165) is 15.4 Å². The van der Waals surface area contributed by atoms with Gasteiger partial charge in [0.2, 0.25) is 0 Å². The van der Waals surface area contributed by atoms with Gasteiger partial charge in [-0.2, -0.15) is 5.10 Å². The number of fused-ring (bicyclic) bond motifs is 1. The third-order valence-electron chi connectivity index (χ3n) is 2.20. The lowest BCUT2D eigenvalue weighted by atomic mass is 10.2. The SMILES string of the molecule is OCC(O)Cn1ncc2cc(Br)ccc21. The molecule has 0 saturated heterocycles. The van der Waals surface area contributed by atoms with Crippen LogP contribution >= 0.6 is 15.9 Å². The van der Waals surface area contributed by atoms with Gasteiger partial charge in [-0.05, 0) is 18.2 Å². The van der Waals surface area contributed by atoms with Gasteiger partial charge in [-0.25, -0.2) is 0 Å². The Morgan fingerprint density at radius 2 is 2.27 bits per heavy atom. The molecule has 0 fully saturated rings. The van der Waals surface area contributed by atoms with E-state index in [2.05, 4.69) is 21.0 Å². The first-order valence-electron chi connectivity index (χ1n) is 4.60. The fourth-order valence-corrected chi connectivity index (χ4v) is 1.84. The van der Waals surface area contributed by atoms with Crippen LogP contribution in [0.3, 0.4) is 0 Å². The van der Waals surface area contributed by atoms with Crippen LogP contribution in [0.15, 0.2) is 28.9 Å². The van der Waals surface area contributed by atoms with Gasteiger partial charge in [-0.1, -0.05) is 15.9 Å². The van der Waals surface area contributed by atoms with Gasteiger partial charge in [0.05, 0.1) is 31.0 Å². The van der Waals surface area contributed by atoms with Gasteiger partial charge in [0.25, 0.3) is 0 Å². The molecule has 1 aromatic heterocycles. The normalized spacial score (nSPS) is 13.3. The number of hydrogen-bond acceptors (Lipinski definition) is 3. The summed E-state index contributed by atoms with van der Waals surface area (Å²) in [5, 5.41) is 23.2. The number of nitrogens with zero attached hydrogens (tertiary/aromatic N) is 2. The Hall–Kier alpha value is -0.910. The standard InChI is InChI=1S/C10H11BrN2O2/c11-8-1-2-10-7(3-8)4-12-13(10)5-9(15)6-14/h1-4,9,14-15H,5-6H2. The minimum absolute atomic E-state index is 0.252. The molecule has 1 atom stereocenters. The van der Waals surface area contributed by atoms with Gasteiger partial charge in [0.15, 0.2) is 0 Å².